The number of amides is 1. The Kier molecular flexibility index (Phi) is 4.32. The number of rotatable bonds is 6. The summed E-state index contributed by atoms with van der Waals surface area (Å²) in [5, 5.41) is 10.1. The summed E-state index contributed by atoms with van der Waals surface area (Å²) < 4.78 is 1.65. The molecule has 0 aliphatic rings. The maximum Gasteiger partial charge on any atom is 0.254 e. The van der Waals surface area contributed by atoms with E-state index in [0.717, 1.165) is 11.4 Å². The van der Waals surface area contributed by atoms with E-state index in [1.807, 2.05) is 25.2 Å². The fourth-order valence-electron chi connectivity index (χ4n) is 2.05. The van der Waals surface area contributed by atoms with E-state index in [4.69, 9.17) is 5.73 Å². The van der Waals surface area contributed by atoms with Gasteiger partial charge in [0.15, 0.2) is 0 Å². The average Bonchev–Trinajstić information content (AvgIpc) is 2.98. The lowest BCUT2D eigenvalue weighted by atomic mass is 10.3. The van der Waals surface area contributed by atoms with Gasteiger partial charge >= 0.3 is 0 Å². The third-order valence-corrected chi connectivity index (χ3v) is 3.18. The quantitative estimate of drug-likeness (QED) is 0.619. The van der Waals surface area contributed by atoms with E-state index in [-0.39, 0.29) is 5.56 Å². The van der Waals surface area contributed by atoms with Crippen molar-refractivity contribution < 1.29 is 4.79 Å². The van der Waals surface area contributed by atoms with E-state index >= 15 is 0 Å². The molecule has 3 aromatic heterocycles. The van der Waals surface area contributed by atoms with Crippen LogP contribution in [0.15, 0.2) is 43.0 Å². The first-order valence-corrected chi connectivity index (χ1v) is 7.18. The number of nitrogens with zero attached hydrogens (tertiary/aromatic N) is 5. The molecule has 4 N–H and O–H groups in total. The van der Waals surface area contributed by atoms with E-state index in [0.29, 0.717) is 18.3 Å². The van der Waals surface area contributed by atoms with Gasteiger partial charge in [-0.15, -0.1) is 0 Å². The SMILES string of the molecule is Cn1cc(Nc2ncc(C(N)=O)c(NCc3ccccn3)n2)cn1. The number of aryl methyl sites for hydroxylation is 1. The van der Waals surface area contributed by atoms with Crippen LogP contribution in [0.2, 0.25) is 0 Å². The number of hydrogen-bond donors (Lipinski definition) is 3. The molecule has 24 heavy (non-hydrogen) atoms. The molecule has 0 radical (unpaired) electrons. The van der Waals surface area contributed by atoms with Crippen LogP contribution in [0.1, 0.15) is 16.1 Å². The predicted molar refractivity (Wildman–Crippen MR) is 88.6 cm³/mol. The van der Waals surface area contributed by atoms with E-state index in [2.05, 4.69) is 30.7 Å². The fourth-order valence-corrected chi connectivity index (χ4v) is 2.05. The Bertz CT molecular complexity index is 846. The van der Waals surface area contributed by atoms with E-state index in [1.165, 1.54) is 6.20 Å². The molecule has 0 aliphatic carbocycles. The van der Waals surface area contributed by atoms with Gasteiger partial charge in [0.25, 0.3) is 5.91 Å². The van der Waals surface area contributed by atoms with Crippen molar-refractivity contribution in [3.63, 3.8) is 0 Å². The van der Waals surface area contributed by atoms with Crippen LogP contribution >= 0.6 is 0 Å². The molecular formula is C15H16N8O. The summed E-state index contributed by atoms with van der Waals surface area (Å²) in [5.74, 6) is 0.0671. The van der Waals surface area contributed by atoms with Crippen molar-refractivity contribution >= 4 is 23.4 Å². The van der Waals surface area contributed by atoms with Gasteiger partial charge < -0.3 is 16.4 Å². The van der Waals surface area contributed by atoms with E-state index in [1.54, 1.807) is 23.3 Å². The zero-order valence-electron chi connectivity index (χ0n) is 13.0. The number of carbonyl (C=O) groups excluding carboxylic acids is 1. The normalized spacial score (nSPS) is 10.4. The van der Waals surface area contributed by atoms with Crippen LogP contribution in [0.3, 0.4) is 0 Å². The van der Waals surface area contributed by atoms with E-state index < -0.39 is 5.91 Å². The Labute approximate surface area is 138 Å². The maximum atomic E-state index is 11.6. The minimum Gasteiger partial charge on any atom is -0.365 e. The molecule has 3 heterocycles. The molecule has 0 saturated carbocycles. The molecule has 1 amide bonds. The van der Waals surface area contributed by atoms with Gasteiger partial charge in [0, 0.05) is 25.6 Å². The monoisotopic (exact) mass is 324 g/mol. The van der Waals surface area contributed by atoms with Crippen LogP contribution in [-0.2, 0) is 13.6 Å². The number of hydrogen-bond acceptors (Lipinski definition) is 7. The maximum absolute atomic E-state index is 11.6. The van der Waals surface area contributed by atoms with Gasteiger partial charge in [-0.05, 0) is 12.1 Å². The second kappa shape index (κ2) is 6.73. The summed E-state index contributed by atoms with van der Waals surface area (Å²) in [5.41, 5.74) is 7.14. The van der Waals surface area contributed by atoms with Gasteiger partial charge in [-0.25, -0.2) is 4.98 Å². The molecule has 0 spiro atoms. The number of anilines is 3. The minimum atomic E-state index is -0.605. The number of nitrogens with two attached hydrogens (primary N) is 1. The Morgan fingerprint density at radius 3 is 2.83 bits per heavy atom. The second-order valence-corrected chi connectivity index (χ2v) is 5.02. The molecule has 3 aromatic rings. The lowest BCUT2D eigenvalue weighted by Gasteiger charge is -2.10. The molecule has 0 unspecified atom stereocenters. The first-order chi connectivity index (χ1) is 11.6. The smallest absolute Gasteiger partial charge is 0.254 e. The highest BCUT2D eigenvalue weighted by Crippen LogP contribution is 2.17. The van der Waals surface area contributed by atoms with Crippen LogP contribution in [0.25, 0.3) is 0 Å². The fraction of sp³-hybridized carbons (Fsp3) is 0.133. The molecule has 0 bridgehead atoms. The first-order valence-electron chi connectivity index (χ1n) is 7.18. The van der Waals surface area contributed by atoms with Crippen LogP contribution in [0.5, 0.6) is 0 Å². The van der Waals surface area contributed by atoms with Crippen LogP contribution in [-0.4, -0.2) is 30.6 Å². The highest BCUT2D eigenvalue weighted by Gasteiger charge is 2.12. The van der Waals surface area contributed by atoms with Crippen LogP contribution in [0, 0.1) is 0 Å². The summed E-state index contributed by atoms with van der Waals surface area (Å²) in [6, 6.07) is 5.58. The highest BCUT2D eigenvalue weighted by molar-refractivity contribution is 5.97. The van der Waals surface area contributed by atoms with Gasteiger partial charge in [-0.3, -0.25) is 14.5 Å². The van der Waals surface area contributed by atoms with Gasteiger partial charge in [0.2, 0.25) is 5.95 Å². The summed E-state index contributed by atoms with van der Waals surface area (Å²) in [7, 11) is 1.81. The second-order valence-electron chi connectivity index (χ2n) is 5.02. The Balaban J connectivity index is 1.81. The molecule has 9 heteroatoms. The minimum absolute atomic E-state index is 0.211. The molecular weight excluding hydrogens is 308 g/mol. The van der Waals surface area contributed by atoms with E-state index in [9.17, 15) is 4.79 Å². The Morgan fingerprint density at radius 1 is 1.29 bits per heavy atom. The molecule has 0 saturated heterocycles. The molecule has 122 valence electrons. The third kappa shape index (κ3) is 3.64. The summed E-state index contributed by atoms with van der Waals surface area (Å²) in [6.07, 6.45) is 6.51. The number of primary amides is 1. The largest absolute Gasteiger partial charge is 0.365 e. The van der Waals surface area contributed by atoms with Gasteiger partial charge in [0.05, 0.1) is 29.7 Å². The lowest BCUT2D eigenvalue weighted by molar-refractivity contribution is 0.100. The summed E-state index contributed by atoms with van der Waals surface area (Å²) >= 11 is 0. The lowest BCUT2D eigenvalue weighted by Crippen LogP contribution is -2.17. The van der Waals surface area contributed by atoms with Crippen molar-refractivity contribution in [3.8, 4) is 0 Å². The van der Waals surface area contributed by atoms with Gasteiger partial charge in [-0.1, -0.05) is 6.07 Å². The molecule has 0 atom stereocenters. The number of pyridine rings is 1. The zero-order valence-corrected chi connectivity index (χ0v) is 13.0. The van der Waals surface area contributed by atoms with Crippen molar-refractivity contribution in [1.29, 1.82) is 0 Å². The Hall–Kier alpha value is -3.49. The standard InChI is InChI=1S/C15H16N8O/c1-23-9-11(7-20-23)21-15-19-8-12(13(16)24)14(22-15)18-6-10-4-2-3-5-17-10/h2-5,7-9H,6H2,1H3,(H2,16,24)(H2,18,19,21,22). The van der Waals surface area contributed by atoms with Crippen molar-refractivity contribution in [1.82, 2.24) is 24.7 Å². The predicted octanol–water partition coefficient (Wildman–Crippen LogP) is 1.06. The van der Waals surface area contributed by atoms with Gasteiger partial charge in [0.1, 0.15) is 5.82 Å². The molecule has 0 fully saturated rings. The molecule has 0 aromatic carbocycles. The molecule has 0 aliphatic heterocycles. The highest BCUT2D eigenvalue weighted by atomic mass is 16.1. The van der Waals surface area contributed by atoms with Crippen LogP contribution < -0.4 is 16.4 Å². The van der Waals surface area contributed by atoms with Crippen molar-refractivity contribution in [3.05, 3.63) is 54.2 Å². The summed E-state index contributed by atoms with van der Waals surface area (Å²) in [6.45, 7) is 0.407. The summed E-state index contributed by atoms with van der Waals surface area (Å²) in [4.78, 5) is 24.2. The van der Waals surface area contributed by atoms with Crippen molar-refractivity contribution in [2.75, 3.05) is 10.6 Å². The molecule has 9 nitrogen and oxygen atoms in total. The molecule has 3 rings (SSSR count). The van der Waals surface area contributed by atoms with Crippen molar-refractivity contribution in [2.24, 2.45) is 12.8 Å². The topological polar surface area (TPSA) is 124 Å². The van der Waals surface area contributed by atoms with Gasteiger partial charge in [-0.2, -0.15) is 10.1 Å². The zero-order chi connectivity index (χ0) is 16.9. The number of nitrogens with one attached hydrogen (secondary N) is 2. The number of aromatic nitrogens is 5. The van der Waals surface area contributed by atoms with Crippen molar-refractivity contribution in [2.45, 2.75) is 6.54 Å². The van der Waals surface area contributed by atoms with Crippen LogP contribution in [0.4, 0.5) is 17.5 Å². The average molecular weight is 324 g/mol. The number of carbonyl (C=O) groups is 1. The third-order valence-electron chi connectivity index (χ3n) is 3.18. The first kappa shape index (κ1) is 15.4. The Morgan fingerprint density at radius 2 is 2.17 bits per heavy atom.